The summed E-state index contributed by atoms with van der Waals surface area (Å²) in [6.07, 6.45) is 3.18. The van der Waals surface area contributed by atoms with E-state index in [4.69, 9.17) is 10.5 Å². The Morgan fingerprint density at radius 2 is 1.43 bits per heavy atom. The van der Waals surface area contributed by atoms with Crippen LogP contribution in [0.15, 0.2) is 52.4 Å². The molecule has 1 aromatic heterocycles. The van der Waals surface area contributed by atoms with Gasteiger partial charge in [0, 0.05) is 57.9 Å². The highest BCUT2D eigenvalue weighted by Crippen LogP contribution is 2.29. The van der Waals surface area contributed by atoms with Gasteiger partial charge in [0.05, 0.1) is 13.2 Å². The number of piperidine rings is 1. The molecule has 5 rings (SSSR count). The van der Waals surface area contributed by atoms with E-state index in [1.807, 2.05) is 12.1 Å². The van der Waals surface area contributed by atoms with Gasteiger partial charge in [0.25, 0.3) is 0 Å². The molecule has 3 fully saturated rings. The van der Waals surface area contributed by atoms with Gasteiger partial charge in [-0.1, -0.05) is 12.1 Å². The lowest BCUT2D eigenvalue weighted by Gasteiger charge is -2.38. The largest absolute Gasteiger partial charge is 0.384 e. The van der Waals surface area contributed by atoms with E-state index in [0.29, 0.717) is 5.82 Å². The monoisotopic (exact) mass is 592 g/mol. The average molecular weight is 593 g/mol. The van der Waals surface area contributed by atoms with Gasteiger partial charge in [0.1, 0.15) is 15.6 Å². The number of carbonyl (C=O) groups is 1. The fourth-order valence-electron chi connectivity index (χ4n) is 5.54. The Hall–Kier alpha value is -2.62. The molecule has 3 aliphatic heterocycles. The molecule has 2 aromatic rings. The van der Waals surface area contributed by atoms with Crippen molar-refractivity contribution in [3.05, 3.63) is 48.2 Å². The van der Waals surface area contributed by atoms with Gasteiger partial charge in [-0.3, -0.25) is 9.69 Å². The second-order valence-corrected chi connectivity index (χ2v) is 14.1. The Bertz CT molecular complexity index is 1410. The zero-order chi connectivity index (χ0) is 28.3. The zero-order valence-electron chi connectivity index (χ0n) is 22.4. The number of hydrogen-bond acceptors (Lipinski definition) is 9. The third-order valence-corrected chi connectivity index (χ3v) is 11.8. The van der Waals surface area contributed by atoms with Gasteiger partial charge >= 0.3 is 0 Å². The summed E-state index contributed by atoms with van der Waals surface area (Å²) in [5, 5.41) is 0. The summed E-state index contributed by atoms with van der Waals surface area (Å²) in [4.78, 5) is 20.9. The number of likely N-dealkylation sites (tertiary alicyclic amines) is 1. The molecule has 3 saturated heterocycles. The Kier molecular flexibility index (Phi) is 8.73. The van der Waals surface area contributed by atoms with Crippen LogP contribution >= 0.6 is 0 Å². The molecule has 40 heavy (non-hydrogen) atoms. The predicted molar refractivity (Wildman–Crippen MR) is 148 cm³/mol. The summed E-state index contributed by atoms with van der Waals surface area (Å²) in [6.45, 7) is 4.00. The van der Waals surface area contributed by atoms with Crippen LogP contribution in [0.5, 0.6) is 0 Å². The van der Waals surface area contributed by atoms with Crippen molar-refractivity contribution >= 4 is 31.8 Å². The molecule has 0 aliphatic carbocycles. The maximum Gasteiger partial charge on any atom is 0.244 e. The first-order valence-electron chi connectivity index (χ1n) is 13.5. The van der Waals surface area contributed by atoms with Crippen LogP contribution in [-0.4, -0.2) is 112 Å². The second-order valence-electron chi connectivity index (χ2n) is 10.3. The van der Waals surface area contributed by atoms with Crippen LogP contribution in [0.4, 0.5) is 5.82 Å². The molecule has 0 saturated carbocycles. The zero-order valence-corrected chi connectivity index (χ0v) is 24.0. The third kappa shape index (κ3) is 6.16. The highest BCUT2D eigenvalue weighted by atomic mass is 32.2. The maximum atomic E-state index is 13.6. The van der Waals surface area contributed by atoms with Crippen molar-refractivity contribution in [3.8, 4) is 0 Å². The average Bonchev–Trinajstić information content (AvgIpc) is 2.98. The Labute approximate surface area is 235 Å². The predicted octanol–water partition coefficient (Wildman–Crippen LogP) is 0.430. The summed E-state index contributed by atoms with van der Waals surface area (Å²) < 4.78 is 61.7. The first-order valence-corrected chi connectivity index (χ1v) is 16.4. The van der Waals surface area contributed by atoms with Gasteiger partial charge in [-0.25, -0.2) is 21.8 Å². The van der Waals surface area contributed by atoms with E-state index in [2.05, 4.69) is 9.88 Å². The van der Waals surface area contributed by atoms with Gasteiger partial charge in [-0.2, -0.15) is 8.61 Å². The van der Waals surface area contributed by atoms with E-state index in [0.717, 1.165) is 38.0 Å². The van der Waals surface area contributed by atoms with Gasteiger partial charge in [-0.15, -0.1) is 0 Å². The van der Waals surface area contributed by atoms with E-state index >= 15 is 0 Å². The number of piperazine rings is 1. The van der Waals surface area contributed by atoms with Crippen molar-refractivity contribution in [2.45, 2.75) is 29.2 Å². The molecule has 0 radical (unpaired) electrons. The molecule has 0 unspecified atom stereocenters. The van der Waals surface area contributed by atoms with Crippen LogP contribution in [-0.2, 0) is 36.1 Å². The molecule has 218 valence electrons. The lowest BCUT2D eigenvalue weighted by Crippen LogP contribution is -2.53. The highest BCUT2D eigenvalue weighted by Gasteiger charge is 2.37. The van der Waals surface area contributed by atoms with E-state index in [-0.39, 0.29) is 74.1 Å². The summed E-state index contributed by atoms with van der Waals surface area (Å²) >= 11 is 0. The van der Waals surface area contributed by atoms with E-state index in [9.17, 15) is 21.6 Å². The minimum atomic E-state index is -4.09. The number of rotatable bonds is 7. The van der Waals surface area contributed by atoms with Crippen LogP contribution in [0.3, 0.4) is 0 Å². The Morgan fingerprint density at radius 3 is 2.00 bits per heavy atom. The molecule has 0 atom stereocenters. The van der Waals surface area contributed by atoms with Crippen LogP contribution in [0, 0.1) is 5.92 Å². The number of ether oxygens (including phenoxy) is 1. The van der Waals surface area contributed by atoms with Crippen molar-refractivity contribution in [1.29, 1.82) is 0 Å². The number of morpholine rings is 1. The molecule has 2 N–H and O–H groups in total. The quantitative estimate of drug-likeness (QED) is 0.484. The molecule has 1 amide bonds. The van der Waals surface area contributed by atoms with Crippen LogP contribution in [0.25, 0.3) is 0 Å². The molecule has 12 nitrogen and oxygen atoms in total. The molecule has 3 aliphatic rings. The maximum absolute atomic E-state index is 13.6. The number of nitrogens with two attached hydrogens (primary N) is 1. The van der Waals surface area contributed by atoms with Gasteiger partial charge in [-0.05, 0) is 55.8 Å². The highest BCUT2D eigenvalue weighted by molar-refractivity contribution is 7.92. The molecular formula is C26H36N6O6S2. The number of nitrogens with zero attached hydrogens (tertiary/aromatic N) is 5. The van der Waals surface area contributed by atoms with Crippen LogP contribution in [0.1, 0.15) is 18.4 Å². The topological polar surface area (TPSA) is 146 Å². The fraction of sp³-hybridized carbons (Fsp3) is 0.538. The van der Waals surface area contributed by atoms with Gasteiger partial charge < -0.3 is 15.4 Å². The first-order chi connectivity index (χ1) is 19.2. The number of sulfonamides is 2. The number of anilines is 1. The van der Waals surface area contributed by atoms with Crippen LogP contribution < -0.4 is 5.73 Å². The Balaban J connectivity index is 1.19. The lowest BCUT2D eigenvalue weighted by molar-refractivity contribution is -0.138. The van der Waals surface area contributed by atoms with Gasteiger partial charge in [0.15, 0.2) is 0 Å². The van der Waals surface area contributed by atoms with Crippen molar-refractivity contribution < 1.29 is 26.4 Å². The molecular weight excluding hydrogens is 556 g/mol. The number of pyridine rings is 1. The number of nitrogen functional groups attached to an aromatic ring is 1. The molecule has 0 bridgehead atoms. The van der Waals surface area contributed by atoms with Crippen LogP contribution in [0.2, 0.25) is 0 Å². The number of benzene rings is 1. The van der Waals surface area contributed by atoms with Crippen molar-refractivity contribution in [2.24, 2.45) is 5.92 Å². The second kappa shape index (κ2) is 12.1. The normalized spacial score (nSPS) is 20.9. The number of aromatic nitrogens is 1. The number of hydrogen-bond donors (Lipinski definition) is 1. The van der Waals surface area contributed by atoms with E-state index in [1.54, 1.807) is 11.1 Å². The molecule has 4 heterocycles. The molecule has 14 heteroatoms. The summed E-state index contributed by atoms with van der Waals surface area (Å²) in [5.41, 5.74) is 6.87. The van der Waals surface area contributed by atoms with E-state index in [1.165, 1.54) is 32.9 Å². The minimum absolute atomic E-state index is 0.0557. The fourth-order valence-corrected chi connectivity index (χ4v) is 9.15. The minimum Gasteiger partial charge on any atom is -0.384 e. The smallest absolute Gasteiger partial charge is 0.244 e. The lowest BCUT2D eigenvalue weighted by atomic mass is 9.94. The van der Waals surface area contributed by atoms with Crippen molar-refractivity contribution in [2.75, 3.05) is 71.3 Å². The van der Waals surface area contributed by atoms with Crippen molar-refractivity contribution in [1.82, 2.24) is 23.4 Å². The first kappa shape index (κ1) is 28.9. The van der Waals surface area contributed by atoms with Gasteiger partial charge in [0.2, 0.25) is 26.0 Å². The van der Waals surface area contributed by atoms with E-state index < -0.39 is 20.0 Å². The van der Waals surface area contributed by atoms with Crippen molar-refractivity contribution in [3.63, 3.8) is 0 Å². The molecule has 0 spiro atoms. The number of amides is 1. The third-order valence-electron chi connectivity index (χ3n) is 7.79. The molecule has 1 aromatic carbocycles. The summed E-state index contributed by atoms with van der Waals surface area (Å²) in [5.74, 6) is 0.451. The standard InChI is InChI=1S/C26H36N6O6S2/c27-25-19-21(5-8-28-25)20-29-9-6-22(7-10-29)26(33)30-11-13-31(14-12-30)39(34,35)23-3-1-2-4-24(23)40(36,37)32-15-17-38-18-16-32/h1-5,8,19,22H,6-7,9-18,20H2,(H2,27,28). The number of carbonyl (C=O) groups excluding carboxylic acids is 1. The summed E-state index contributed by atoms with van der Waals surface area (Å²) in [6, 6.07) is 9.54. The Morgan fingerprint density at radius 1 is 0.850 bits per heavy atom. The summed E-state index contributed by atoms with van der Waals surface area (Å²) in [7, 11) is -8.10. The SMILES string of the molecule is Nc1cc(CN2CCC(C(=O)N3CCN(S(=O)(=O)c4ccccc4S(=O)(=O)N4CCOCC4)CC3)CC2)ccn1.